The van der Waals surface area contributed by atoms with Crippen LogP contribution in [0.4, 0.5) is 4.39 Å². The first-order chi connectivity index (χ1) is 9.11. The Labute approximate surface area is 118 Å². The fourth-order valence-electron chi connectivity index (χ4n) is 2.14. The monoisotopic (exact) mass is 277 g/mol. The van der Waals surface area contributed by atoms with Crippen LogP contribution in [0.15, 0.2) is 36.4 Å². The quantitative estimate of drug-likeness (QED) is 0.864. The van der Waals surface area contributed by atoms with Crippen LogP contribution in [0, 0.1) is 12.7 Å². The van der Waals surface area contributed by atoms with Gasteiger partial charge in [-0.2, -0.15) is 0 Å². The zero-order chi connectivity index (χ0) is 13.8. The molecule has 3 heteroatoms. The maximum Gasteiger partial charge on any atom is 0.123 e. The minimum atomic E-state index is -0.212. The lowest BCUT2D eigenvalue weighted by atomic mass is 9.96. The SMILES string of the molecule is CCNCc1ccc(Cl)cc1-c1ccc(F)cc1C. The predicted molar refractivity (Wildman–Crippen MR) is 79.0 cm³/mol. The van der Waals surface area contributed by atoms with Gasteiger partial charge in [0.15, 0.2) is 0 Å². The molecular formula is C16H17ClFN. The van der Waals surface area contributed by atoms with Crippen molar-refractivity contribution in [3.05, 3.63) is 58.4 Å². The van der Waals surface area contributed by atoms with Crippen LogP contribution in [0.5, 0.6) is 0 Å². The molecule has 100 valence electrons. The van der Waals surface area contributed by atoms with E-state index >= 15 is 0 Å². The molecule has 0 heterocycles. The summed E-state index contributed by atoms with van der Waals surface area (Å²) in [6, 6.07) is 10.7. The highest BCUT2D eigenvalue weighted by atomic mass is 35.5. The number of benzene rings is 2. The number of hydrogen-bond acceptors (Lipinski definition) is 1. The van der Waals surface area contributed by atoms with E-state index in [1.807, 2.05) is 31.2 Å². The van der Waals surface area contributed by atoms with E-state index in [1.165, 1.54) is 11.6 Å². The van der Waals surface area contributed by atoms with Crippen molar-refractivity contribution in [2.45, 2.75) is 20.4 Å². The Bertz CT molecular complexity index is 581. The van der Waals surface area contributed by atoms with Crippen molar-refractivity contribution in [2.75, 3.05) is 6.54 Å². The van der Waals surface area contributed by atoms with Crippen LogP contribution in [0.25, 0.3) is 11.1 Å². The molecule has 0 radical (unpaired) electrons. The van der Waals surface area contributed by atoms with Crippen LogP contribution in [0.3, 0.4) is 0 Å². The summed E-state index contributed by atoms with van der Waals surface area (Å²) >= 11 is 6.09. The van der Waals surface area contributed by atoms with Gasteiger partial charge in [0.25, 0.3) is 0 Å². The molecule has 0 atom stereocenters. The first kappa shape index (κ1) is 14.0. The number of aryl methyl sites for hydroxylation is 1. The minimum absolute atomic E-state index is 0.212. The van der Waals surface area contributed by atoms with Crippen LogP contribution >= 0.6 is 11.6 Å². The third-order valence-electron chi connectivity index (χ3n) is 3.12. The van der Waals surface area contributed by atoms with E-state index in [4.69, 9.17) is 11.6 Å². The summed E-state index contributed by atoms with van der Waals surface area (Å²) in [6.45, 7) is 5.67. The van der Waals surface area contributed by atoms with Gasteiger partial charge in [0, 0.05) is 11.6 Å². The average molecular weight is 278 g/mol. The Morgan fingerprint density at radius 1 is 1.11 bits per heavy atom. The second kappa shape index (κ2) is 6.18. The summed E-state index contributed by atoms with van der Waals surface area (Å²) in [5, 5.41) is 4.00. The minimum Gasteiger partial charge on any atom is -0.313 e. The van der Waals surface area contributed by atoms with Gasteiger partial charge in [-0.1, -0.05) is 30.7 Å². The molecule has 0 saturated heterocycles. The van der Waals surface area contributed by atoms with Gasteiger partial charge in [0.2, 0.25) is 0 Å². The summed E-state index contributed by atoms with van der Waals surface area (Å²) < 4.78 is 13.2. The summed E-state index contributed by atoms with van der Waals surface area (Å²) in [4.78, 5) is 0. The molecule has 0 bridgehead atoms. The van der Waals surface area contributed by atoms with Crippen molar-refractivity contribution in [3.8, 4) is 11.1 Å². The molecule has 2 rings (SSSR count). The highest BCUT2D eigenvalue weighted by molar-refractivity contribution is 6.30. The van der Waals surface area contributed by atoms with Gasteiger partial charge in [-0.05, 0) is 60.0 Å². The molecule has 0 unspecified atom stereocenters. The normalized spacial score (nSPS) is 10.7. The molecule has 0 saturated carbocycles. The molecule has 0 aliphatic carbocycles. The largest absolute Gasteiger partial charge is 0.313 e. The first-order valence-corrected chi connectivity index (χ1v) is 6.75. The van der Waals surface area contributed by atoms with Gasteiger partial charge >= 0.3 is 0 Å². The summed E-state index contributed by atoms with van der Waals surface area (Å²) in [5.74, 6) is -0.212. The molecular weight excluding hydrogens is 261 g/mol. The molecule has 1 nitrogen and oxygen atoms in total. The Morgan fingerprint density at radius 3 is 2.58 bits per heavy atom. The Kier molecular flexibility index (Phi) is 4.56. The van der Waals surface area contributed by atoms with Crippen LogP contribution in [-0.2, 0) is 6.54 Å². The fourth-order valence-corrected chi connectivity index (χ4v) is 2.31. The first-order valence-electron chi connectivity index (χ1n) is 6.37. The van der Waals surface area contributed by atoms with Crippen LogP contribution in [0.2, 0.25) is 5.02 Å². The zero-order valence-electron chi connectivity index (χ0n) is 11.1. The van der Waals surface area contributed by atoms with Crippen LogP contribution in [-0.4, -0.2) is 6.54 Å². The van der Waals surface area contributed by atoms with Gasteiger partial charge < -0.3 is 5.32 Å². The van der Waals surface area contributed by atoms with Gasteiger partial charge in [0.1, 0.15) is 5.82 Å². The Morgan fingerprint density at radius 2 is 1.89 bits per heavy atom. The van der Waals surface area contributed by atoms with E-state index in [0.717, 1.165) is 29.8 Å². The summed E-state index contributed by atoms with van der Waals surface area (Å²) in [6.07, 6.45) is 0. The lowest BCUT2D eigenvalue weighted by Crippen LogP contribution is -2.12. The maximum absolute atomic E-state index is 13.2. The number of rotatable bonds is 4. The van der Waals surface area contributed by atoms with Crippen molar-refractivity contribution in [1.82, 2.24) is 5.32 Å². The van der Waals surface area contributed by atoms with Crippen molar-refractivity contribution < 1.29 is 4.39 Å². The molecule has 1 N–H and O–H groups in total. The topological polar surface area (TPSA) is 12.0 Å². The third kappa shape index (κ3) is 3.34. The van der Waals surface area contributed by atoms with Crippen molar-refractivity contribution in [3.63, 3.8) is 0 Å². The van der Waals surface area contributed by atoms with E-state index in [0.29, 0.717) is 5.02 Å². The molecule has 0 aliphatic rings. The fraction of sp³-hybridized carbons (Fsp3) is 0.250. The van der Waals surface area contributed by atoms with Gasteiger partial charge in [-0.3, -0.25) is 0 Å². The van der Waals surface area contributed by atoms with Crippen molar-refractivity contribution >= 4 is 11.6 Å². The number of halogens is 2. The Hall–Kier alpha value is -1.38. The molecule has 2 aromatic carbocycles. The van der Waals surface area contributed by atoms with Crippen molar-refractivity contribution in [1.29, 1.82) is 0 Å². The molecule has 0 amide bonds. The standard InChI is InChI=1S/C16H17ClFN/c1-3-19-10-12-4-5-13(17)9-16(12)15-7-6-14(18)8-11(15)2/h4-9,19H,3,10H2,1-2H3. The van der Waals surface area contributed by atoms with Crippen molar-refractivity contribution in [2.24, 2.45) is 0 Å². The van der Waals surface area contributed by atoms with E-state index in [9.17, 15) is 4.39 Å². The van der Waals surface area contributed by atoms with E-state index in [2.05, 4.69) is 12.2 Å². The summed E-state index contributed by atoms with van der Waals surface area (Å²) in [7, 11) is 0. The maximum atomic E-state index is 13.2. The molecule has 0 spiro atoms. The second-order valence-electron chi connectivity index (χ2n) is 4.54. The molecule has 0 aromatic heterocycles. The van der Waals surface area contributed by atoms with E-state index < -0.39 is 0 Å². The average Bonchev–Trinajstić information content (AvgIpc) is 2.37. The van der Waals surface area contributed by atoms with E-state index in [-0.39, 0.29) is 5.82 Å². The zero-order valence-corrected chi connectivity index (χ0v) is 11.9. The predicted octanol–water partition coefficient (Wildman–Crippen LogP) is 4.56. The second-order valence-corrected chi connectivity index (χ2v) is 4.98. The van der Waals surface area contributed by atoms with Gasteiger partial charge in [-0.25, -0.2) is 4.39 Å². The molecule has 0 aliphatic heterocycles. The van der Waals surface area contributed by atoms with Gasteiger partial charge in [-0.15, -0.1) is 0 Å². The Balaban J connectivity index is 2.49. The van der Waals surface area contributed by atoms with Gasteiger partial charge in [0.05, 0.1) is 0 Å². The van der Waals surface area contributed by atoms with Crippen LogP contribution < -0.4 is 5.32 Å². The third-order valence-corrected chi connectivity index (χ3v) is 3.35. The highest BCUT2D eigenvalue weighted by Gasteiger charge is 2.09. The molecule has 0 fully saturated rings. The lowest BCUT2D eigenvalue weighted by Gasteiger charge is -2.13. The smallest absolute Gasteiger partial charge is 0.123 e. The molecule has 19 heavy (non-hydrogen) atoms. The molecule has 2 aromatic rings. The lowest BCUT2D eigenvalue weighted by molar-refractivity contribution is 0.627. The summed E-state index contributed by atoms with van der Waals surface area (Å²) in [5.41, 5.74) is 4.17. The highest BCUT2D eigenvalue weighted by Crippen LogP contribution is 2.30. The van der Waals surface area contributed by atoms with E-state index in [1.54, 1.807) is 6.07 Å². The number of hydrogen-bond donors (Lipinski definition) is 1. The number of nitrogens with one attached hydrogen (secondary N) is 1. The van der Waals surface area contributed by atoms with Crippen LogP contribution in [0.1, 0.15) is 18.1 Å².